The molecule has 0 aliphatic heterocycles. The van der Waals surface area contributed by atoms with Crippen molar-refractivity contribution in [1.82, 2.24) is 15.5 Å². The van der Waals surface area contributed by atoms with Crippen LogP contribution in [0.2, 0.25) is 0 Å². The van der Waals surface area contributed by atoms with E-state index in [1.807, 2.05) is 20.8 Å². The lowest BCUT2D eigenvalue weighted by atomic mass is 10.0. The first-order valence-corrected chi connectivity index (χ1v) is 7.30. The first-order valence-electron chi connectivity index (χ1n) is 6.31. The minimum absolute atomic E-state index is 0.0559. The van der Waals surface area contributed by atoms with Crippen molar-refractivity contribution in [1.29, 1.82) is 0 Å². The summed E-state index contributed by atoms with van der Waals surface area (Å²) in [6.07, 6.45) is 2.40. The van der Waals surface area contributed by atoms with Crippen LogP contribution in [0.5, 0.6) is 0 Å². The van der Waals surface area contributed by atoms with E-state index < -0.39 is 0 Å². The molecule has 0 unspecified atom stereocenters. The smallest absolute Gasteiger partial charge is 0.284 e. The maximum Gasteiger partial charge on any atom is 0.284 e. The summed E-state index contributed by atoms with van der Waals surface area (Å²) in [6.45, 7) is 6.00. The lowest BCUT2D eigenvalue weighted by Crippen LogP contribution is -2.43. The maximum absolute atomic E-state index is 11.8. The zero-order valence-electron chi connectivity index (χ0n) is 11.7. The third kappa shape index (κ3) is 3.86. The number of amides is 1. The Labute approximate surface area is 121 Å². The lowest BCUT2D eigenvalue weighted by Gasteiger charge is -2.24. The van der Waals surface area contributed by atoms with Crippen LogP contribution in [-0.2, 0) is 4.79 Å². The van der Waals surface area contributed by atoms with Crippen LogP contribution in [0.3, 0.4) is 0 Å². The summed E-state index contributed by atoms with van der Waals surface area (Å²) in [5.74, 6) is 1.01. The van der Waals surface area contributed by atoms with E-state index in [1.54, 1.807) is 12.1 Å². The molecule has 0 aliphatic carbocycles. The van der Waals surface area contributed by atoms with Crippen molar-refractivity contribution in [2.45, 2.75) is 38.0 Å². The third-order valence-electron chi connectivity index (χ3n) is 2.83. The molecule has 7 heteroatoms. The standard InChI is InChI=1S/C13H17N3O3S/c1-4-13(2,3)14-10(17)8-20-12-16-15-11(19-12)9-6-5-7-18-9/h5-7H,4,8H2,1-3H3,(H,14,17). The van der Waals surface area contributed by atoms with E-state index in [0.717, 1.165) is 6.42 Å². The van der Waals surface area contributed by atoms with E-state index in [1.165, 1.54) is 18.0 Å². The van der Waals surface area contributed by atoms with E-state index in [-0.39, 0.29) is 17.2 Å². The van der Waals surface area contributed by atoms with E-state index >= 15 is 0 Å². The second-order valence-electron chi connectivity index (χ2n) is 4.92. The van der Waals surface area contributed by atoms with Crippen molar-refractivity contribution in [2.24, 2.45) is 0 Å². The number of nitrogens with zero attached hydrogens (tertiary/aromatic N) is 2. The number of carbonyl (C=O) groups is 1. The molecule has 2 aromatic heterocycles. The van der Waals surface area contributed by atoms with Crippen LogP contribution in [0.15, 0.2) is 32.5 Å². The third-order valence-corrected chi connectivity index (χ3v) is 3.65. The van der Waals surface area contributed by atoms with Gasteiger partial charge in [-0.05, 0) is 32.4 Å². The van der Waals surface area contributed by atoms with Gasteiger partial charge in [0.2, 0.25) is 5.91 Å². The molecule has 0 fully saturated rings. The van der Waals surface area contributed by atoms with Crippen LogP contribution in [0.1, 0.15) is 27.2 Å². The Morgan fingerprint density at radius 3 is 2.90 bits per heavy atom. The van der Waals surface area contributed by atoms with Gasteiger partial charge in [0.25, 0.3) is 11.1 Å². The van der Waals surface area contributed by atoms with Crippen molar-refractivity contribution >= 4 is 17.7 Å². The molecule has 1 amide bonds. The predicted molar refractivity (Wildman–Crippen MR) is 75.2 cm³/mol. The van der Waals surface area contributed by atoms with Gasteiger partial charge in [0, 0.05) is 5.54 Å². The molecule has 20 heavy (non-hydrogen) atoms. The van der Waals surface area contributed by atoms with E-state index in [9.17, 15) is 4.79 Å². The number of furan rings is 1. The fraction of sp³-hybridized carbons (Fsp3) is 0.462. The monoisotopic (exact) mass is 295 g/mol. The van der Waals surface area contributed by atoms with Crippen LogP contribution >= 0.6 is 11.8 Å². The molecular weight excluding hydrogens is 278 g/mol. The first kappa shape index (κ1) is 14.6. The van der Waals surface area contributed by atoms with Crippen LogP contribution in [0.4, 0.5) is 0 Å². The van der Waals surface area contributed by atoms with Crippen molar-refractivity contribution in [3.63, 3.8) is 0 Å². The zero-order chi connectivity index (χ0) is 14.6. The summed E-state index contributed by atoms with van der Waals surface area (Å²) >= 11 is 1.20. The van der Waals surface area contributed by atoms with Gasteiger partial charge in [0.15, 0.2) is 5.76 Å². The van der Waals surface area contributed by atoms with Crippen molar-refractivity contribution in [3.05, 3.63) is 18.4 Å². The second-order valence-corrected chi connectivity index (χ2v) is 5.85. The summed E-state index contributed by atoms with van der Waals surface area (Å²) in [4.78, 5) is 11.8. The number of rotatable bonds is 6. The molecule has 0 saturated heterocycles. The average Bonchev–Trinajstić information content (AvgIpc) is 3.06. The normalized spacial score (nSPS) is 11.6. The highest BCUT2D eigenvalue weighted by molar-refractivity contribution is 7.99. The van der Waals surface area contributed by atoms with Gasteiger partial charge in [-0.15, -0.1) is 10.2 Å². The SMILES string of the molecule is CCC(C)(C)NC(=O)CSc1nnc(-c2ccco2)o1. The Hall–Kier alpha value is -1.76. The molecule has 0 bridgehead atoms. The molecule has 2 heterocycles. The Morgan fingerprint density at radius 2 is 2.25 bits per heavy atom. The molecule has 0 radical (unpaired) electrons. The fourth-order valence-electron chi connectivity index (χ4n) is 1.40. The van der Waals surface area contributed by atoms with Crippen molar-refractivity contribution < 1.29 is 13.6 Å². The molecule has 6 nitrogen and oxygen atoms in total. The highest BCUT2D eigenvalue weighted by atomic mass is 32.2. The average molecular weight is 295 g/mol. The Morgan fingerprint density at radius 1 is 1.45 bits per heavy atom. The minimum atomic E-state index is -0.203. The first-order chi connectivity index (χ1) is 9.50. The number of hydrogen-bond acceptors (Lipinski definition) is 6. The molecule has 0 atom stereocenters. The summed E-state index contributed by atoms with van der Waals surface area (Å²) in [6, 6.07) is 3.48. The molecule has 2 aromatic rings. The van der Waals surface area contributed by atoms with Crippen LogP contribution in [0.25, 0.3) is 11.7 Å². The van der Waals surface area contributed by atoms with Crippen LogP contribution in [-0.4, -0.2) is 27.4 Å². The quantitative estimate of drug-likeness (QED) is 0.825. The summed E-state index contributed by atoms with van der Waals surface area (Å²) in [5.41, 5.74) is -0.203. The van der Waals surface area contributed by atoms with Gasteiger partial charge >= 0.3 is 0 Å². The van der Waals surface area contributed by atoms with E-state index in [4.69, 9.17) is 8.83 Å². The second kappa shape index (κ2) is 6.13. The number of nitrogens with one attached hydrogen (secondary N) is 1. The summed E-state index contributed by atoms with van der Waals surface area (Å²) < 4.78 is 10.6. The van der Waals surface area contributed by atoms with Crippen molar-refractivity contribution in [3.8, 4) is 11.7 Å². The molecule has 0 spiro atoms. The Kier molecular flexibility index (Phi) is 4.49. The largest absolute Gasteiger partial charge is 0.459 e. The van der Waals surface area contributed by atoms with Gasteiger partial charge in [-0.2, -0.15) is 0 Å². The summed E-state index contributed by atoms with van der Waals surface area (Å²) in [7, 11) is 0. The van der Waals surface area contributed by atoms with Gasteiger partial charge in [-0.1, -0.05) is 18.7 Å². The summed E-state index contributed by atoms with van der Waals surface area (Å²) in [5, 5.41) is 11.0. The van der Waals surface area contributed by atoms with Gasteiger partial charge in [-0.25, -0.2) is 0 Å². The topological polar surface area (TPSA) is 81.2 Å². The molecular formula is C13H17N3O3S. The maximum atomic E-state index is 11.8. The predicted octanol–water partition coefficient (Wildman–Crippen LogP) is 2.73. The number of thioether (sulfide) groups is 1. The van der Waals surface area contributed by atoms with Gasteiger partial charge in [-0.3, -0.25) is 4.79 Å². The van der Waals surface area contributed by atoms with Gasteiger partial charge < -0.3 is 14.2 Å². The molecule has 0 aliphatic rings. The molecule has 2 rings (SSSR count). The fourth-order valence-corrected chi connectivity index (χ4v) is 1.96. The number of carbonyl (C=O) groups excluding carboxylic acids is 1. The van der Waals surface area contributed by atoms with Crippen LogP contribution < -0.4 is 5.32 Å². The lowest BCUT2D eigenvalue weighted by molar-refractivity contribution is -0.120. The molecule has 0 aromatic carbocycles. The Bertz CT molecular complexity index is 563. The Balaban J connectivity index is 1.87. The van der Waals surface area contributed by atoms with Crippen LogP contribution in [0, 0.1) is 0 Å². The molecule has 0 saturated carbocycles. The zero-order valence-corrected chi connectivity index (χ0v) is 12.5. The highest BCUT2D eigenvalue weighted by Crippen LogP contribution is 2.23. The van der Waals surface area contributed by atoms with Gasteiger partial charge in [0.05, 0.1) is 12.0 Å². The molecule has 108 valence electrons. The number of hydrogen-bond donors (Lipinski definition) is 1. The van der Waals surface area contributed by atoms with E-state index in [0.29, 0.717) is 16.9 Å². The van der Waals surface area contributed by atoms with E-state index in [2.05, 4.69) is 15.5 Å². The highest BCUT2D eigenvalue weighted by Gasteiger charge is 2.19. The minimum Gasteiger partial charge on any atom is -0.459 e. The number of aromatic nitrogens is 2. The molecule has 1 N–H and O–H groups in total. The van der Waals surface area contributed by atoms with Gasteiger partial charge in [0.1, 0.15) is 0 Å². The van der Waals surface area contributed by atoms with Crippen molar-refractivity contribution in [2.75, 3.05) is 5.75 Å².